The van der Waals surface area contributed by atoms with E-state index in [-0.39, 0.29) is 6.10 Å². The summed E-state index contributed by atoms with van der Waals surface area (Å²) in [6.45, 7) is 5.57. The van der Waals surface area contributed by atoms with Crippen LogP contribution in [0.2, 0.25) is 0 Å². The van der Waals surface area contributed by atoms with Crippen LogP contribution >= 0.6 is 12.2 Å². The first-order valence-corrected chi connectivity index (χ1v) is 8.97. The topological polar surface area (TPSA) is 38.5 Å². The maximum atomic E-state index is 6.00. The second-order valence-electron chi connectivity index (χ2n) is 5.73. The molecule has 0 amide bonds. The Hall–Kier alpha value is -2.40. The average molecular weight is 354 g/mol. The molecule has 0 N–H and O–H groups in total. The van der Waals surface area contributed by atoms with E-state index in [0.29, 0.717) is 23.9 Å². The zero-order valence-electron chi connectivity index (χ0n) is 14.5. The molecule has 0 aliphatic heterocycles. The molecule has 3 aromatic rings. The normalized spacial score (nSPS) is 12.1. The Morgan fingerprint density at radius 2 is 1.84 bits per heavy atom. The molecule has 0 fully saturated rings. The predicted molar refractivity (Wildman–Crippen MR) is 105 cm³/mol. The molecule has 0 saturated heterocycles. The first-order valence-electron chi connectivity index (χ1n) is 8.56. The van der Waals surface area contributed by atoms with Crippen molar-refractivity contribution in [2.45, 2.75) is 26.4 Å². The van der Waals surface area contributed by atoms with Gasteiger partial charge >= 0.3 is 0 Å². The third kappa shape index (κ3) is 4.17. The number of aromatic nitrogens is 1. The van der Waals surface area contributed by atoms with Gasteiger partial charge in [-0.15, -0.1) is 0 Å². The van der Waals surface area contributed by atoms with E-state index in [1.54, 1.807) is 0 Å². The number of thiocarbonyl (C=S) groups is 1. The van der Waals surface area contributed by atoms with Crippen molar-refractivity contribution in [3.63, 3.8) is 0 Å². The van der Waals surface area contributed by atoms with Crippen LogP contribution in [0, 0.1) is 0 Å². The van der Waals surface area contributed by atoms with Gasteiger partial charge in [-0.2, -0.15) is 0 Å². The summed E-state index contributed by atoms with van der Waals surface area (Å²) in [5, 5.41) is 0.566. The molecule has 0 saturated carbocycles. The predicted octanol–water partition coefficient (Wildman–Crippen LogP) is 5.15. The molecule has 130 valence electrons. The standard InChI is InChI=1S/C20H22N2O2S/c1-3-19(25)23-18(14-22(4-2)15-10-6-5-7-11-15)20-21-16-12-8-9-13-17(16)24-20/h5-13,18H,3-4,14H2,1-2H3. The Bertz CT molecular complexity index is 799. The first kappa shape index (κ1) is 17.4. The molecule has 1 unspecified atom stereocenters. The highest BCUT2D eigenvalue weighted by atomic mass is 32.1. The van der Waals surface area contributed by atoms with Crippen LogP contribution in [0.3, 0.4) is 0 Å². The van der Waals surface area contributed by atoms with Gasteiger partial charge < -0.3 is 14.1 Å². The Kier molecular flexibility index (Phi) is 5.66. The number of nitrogens with zero attached hydrogens (tertiary/aromatic N) is 2. The summed E-state index contributed by atoms with van der Waals surface area (Å²) >= 11 is 5.31. The van der Waals surface area contributed by atoms with Crippen LogP contribution in [0.5, 0.6) is 0 Å². The molecule has 0 spiro atoms. The molecular weight excluding hydrogens is 332 g/mol. The van der Waals surface area contributed by atoms with Gasteiger partial charge in [0.1, 0.15) is 5.52 Å². The maximum absolute atomic E-state index is 6.00. The Morgan fingerprint density at radius 1 is 1.12 bits per heavy atom. The van der Waals surface area contributed by atoms with Crippen molar-refractivity contribution in [1.29, 1.82) is 0 Å². The van der Waals surface area contributed by atoms with E-state index in [0.717, 1.165) is 23.3 Å². The summed E-state index contributed by atoms with van der Waals surface area (Å²) < 4.78 is 11.9. The molecule has 4 nitrogen and oxygen atoms in total. The molecule has 0 radical (unpaired) electrons. The smallest absolute Gasteiger partial charge is 0.238 e. The van der Waals surface area contributed by atoms with Gasteiger partial charge in [0.05, 0.1) is 6.54 Å². The first-order chi connectivity index (χ1) is 12.2. The minimum Gasteiger partial charge on any atom is -0.472 e. The van der Waals surface area contributed by atoms with Crippen molar-refractivity contribution in [3.05, 3.63) is 60.5 Å². The minimum atomic E-state index is -0.347. The number of oxazole rings is 1. The highest BCUT2D eigenvalue weighted by molar-refractivity contribution is 7.80. The molecule has 1 atom stereocenters. The van der Waals surface area contributed by atoms with Crippen LogP contribution in [0.4, 0.5) is 5.69 Å². The highest BCUT2D eigenvalue weighted by Gasteiger charge is 2.24. The number of likely N-dealkylation sites (N-methyl/N-ethyl adjacent to an activating group) is 1. The lowest BCUT2D eigenvalue weighted by molar-refractivity contribution is 0.166. The molecule has 1 aromatic heterocycles. The SMILES string of the molecule is CCC(=S)OC(CN(CC)c1ccccc1)c1nc2ccccc2o1. The van der Waals surface area contributed by atoms with E-state index in [2.05, 4.69) is 28.9 Å². The van der Waals surface area contributed by atoms with Crippen LogP contribution in [0.15, 0.2) is 59.0 Å². The lowest BCUT2D eigenvalue weighted by atomic mass is 10.2. The lowest BCUT2D eigenvalue weighted by Gasteiger charge is -2.27. The Balaban J connectivity index is 1.89. The largest absolute Gasteiger partial charge is 0.472 e. The van der Waals surface area contributed by atoms with Crippen LogP contribution < -0.4 is 4.90 Å². The zero-order valence-corrected chi connectivity index (χ0v) is 15.3. The molecule has 2 aromatic carbocycles. The third-order valence-corrected chi connectivity index (χ3v) is 4.42. The summed E-state index contributed by atoms with van der Waals surface area (Å²) in [5.41, 5.74) is 2.73. The third-order valence-electron chi connectivity index (χ3n) is 4.04. The molecule has 5 heteroatoms. The monoisotopic (exact) mass is 354 g/mol. The fourth-order valence-corrected chi connectivity index (χ4v) is 2.81. The van der Waals surface area contributed by atoms with Gasteiger partial charge in [0.25, 0.3) is 0 Å². The van der Waals surface area contributed by atoms with E-state index in [4.69, 9.17) is 21.4 Å². The van der Waals surface area contributed by atoms with Crippen molar-refractivity contribution >= 4 is 34.1 Å². The second-order valence-corrected chi connectivity index (χ2v) is 6.18. The summed E-state index contributed by atoms with van der Waals surface area (Å²) in [6, 6.07) is 18.0. The van der Waals surface area contributed by atoms with Crippen LogP contribution in [0.25, 0.3) is 11.1 Å². The number of rotatable bonds is 7. The fraction of sp³-hybridized carbons (Fsp3) is 0.300. The van der Waals surface area contributed by atoms with Gasteiger partial charge in [-0.05, 0) is 43.4 Å². The number of ether oxygens (including phenoxy) is 1. The van der Waals surface area contributed by atoms with E-state index in [1.807, 2.05) is 49.4 Å². The molecule has 0 aliphatic rings. The summed E-state index contributed by atoms with van der Waals surface area (Å²) in [4.78, 5) is 6.84. The average Bonchev–Trinajstić information content (AvgIpc) is 3.09. The van der Waals surface area contributed by atoms with Gasteiger partial charge in [0.15, 0.2) is 16.7 Å². The van der Waals surface area contributed by atoms with Crippen molar-refractivity contribution in [3.8, 4) is 0 Å². The van der Waals surface area contributed by atoms with Gasteiger partial charge in [-0.1, -0.05) is 37.3 Å². The summed E-state index contributed by atoms with van der Waals surface area (Å²) in [5.74, 6) is 0.561. The van der Waals surface area contributed by atoms with E-state index >= 15 is 0 Å². The number of para-hydroxylation sites is 3. The van der Waals surface area contributed by atoms with Gasteiger partial charge in [0.2, 0.25) is 5.89 Å². The van der Waals surface area contributed by atoms with Gasteiger partial charge in [-0.25, -0.2) is 4.98 Å². The molecule has 1 heterocycles. The second kappa shape index (κ2) is 8.12. The van der Waals surface area contributed by atoms with Crippen LogP contribution in [-0.2, 0) is 4.74 Å². The van der Waals surface area contributed by atoms with E-state index in [1.165, 1.54) is 0 Å². The minimum absolute atomic E-state index is 0.347. The number of hydrogen-bond donors (Lipinski definition) is 0. The van der Waals surface area contributed by atoms with Gasteiger partial charge in [-0.3, -0.25) is 0 Å². The van der Waals surface area contributed by atoms with Gasteiger partial charge in [0, 0.05) is 18.7 Å². The summed E-state index contributed by atoms with van der Waals surface area (Å²) in [6.07, 6.45) is 0.337. The summed E-state index contributed by atoms with van der Waals surface area (Å²) in [7, 11) is 0. The van der Waals surface area contributed by atoms with Crippen molar-refractivity contribution in [1.82, 2.24) is 4.98 Å². The molecule has 0 aliphatic carbocycles. The van der Waals surface area contributed by atoms with E-state index in [9.17, 15) is 0 Å². The molecule has 3 rings (SSSR count). The molecule has 25 heavy (non-hydrogen) atoms. The number of hydrogen-bond acceptors (Lipinski definition) is 5. The number of benzene rings is 2. The molecule has 0 bridgehead atoms. The fourth-order valence-electron chi connectivity index (χ4n) is 2.69. The highest BCUT2D eigenvalue weighted by Crippen LogP contribution is 2.26. The van der Waals surface area contributed by atoms with Crippen molar-refractivity contribution < 1.29 is 9.15 Å². The van der Waals surface area contributed by atoms with E-state index < -0.39 is 0 Å². The number of fused-ring (bicyclic) bond motifs is 1. The molecular formula is C20H22N2O2S. The van der Waals surface area contributed by atoms with Crippen molar-refractivity contribution in [2.75, 3.05) is 18.0 Å². The Morgan fingerprint density at radius 3 is 2.52 bits per heavy atom. The van der Waals surface area contributed by atoms with Crippen LogP contribution in [-0.4, -0.2) is 23.1 Å². The Labute approximate surface area is 153 Å². The van der Waals surface area contributed by atoms with Crippen molar-refractivity contribution in [2.24, 2.45) is 0 Å². The zero-order chi connectivity index (χ0) is 17.6. The van der Waals surface area contributed by atoms with Crippen LogP contribution in [0.1, 0.15) is 32.3 Å². The quantitative estimate of drug-likeness (QED) is 0.549. The lowest BCUT2D eigenvalue weighted by Crippen LogP contribution is -2.30. The number of anilines is 1. The maximum Gasteiger partial charge on any atom is 0.238 e.